The second-order valence-electron chi connectivity index (χ2n) is 5.93. The second kappa shape index (κ2) is 3.74. The van der Waals surface area contributed by atoms with Crippen LogP contribution in [-0.2, 0) is 9.47 Å². The van der Waals surface area contributed by atoms with Crippen molar-refractivity contribution < 1.29 is 9.47 Å². The predicted octanol–water partition coefficient (Wildman–Crippen LogP) is 3.01. The molecule has 3 atom stereocenters. The summed E-state index contributed by atoms with van der Waals surface area (Å²) in [6, 6.07) is 0. The molecule has 0 radical (unpaired) electrons. The van der Waals surface area contributed by atoms with Gasteiger partial charge in [-0.2, -0.15) is 0 Å². The van der Waals surface area contributed by atoms with Gasteiger partial charge in [0, 0.05) is 13.7 Å². The molecule has 88 valence electrons. The van der Waals surface area contributed by atoms with E-state index in [4.69, 9.17) is 9.47 Å². The Balaban J connectivity index is 2.04. The fraction of sp³-hybridized carbons (Fsp3) is 1.00. The fourth-order valence-electron chi connectivity index (χ4n) is 3.22. The maximum Gasteiger partial charge on any atom is 0.0683 e. The highest BCUT2D eigenvalue weighted by Crippen LogP contribution is 2.48. The number of rotatable bonds is 2. The third kappa shape index (κ3) is 1.94. The van der Waals surface area contributed by atoms with Crippen molar-refractivity contribution in [3.63, 3.8) is 0 Å². The summed E-state index contributed by atoms with van der Waals surface area (Å²) in [7, 11) is 1.83. The zero-order valence-corrected chi connectivity index (χ0v) is 10.5. The van der Waals surface area contributed by atoms with Crippen molar-refractivity contribution in [2.75, 3.05) is 13.7 Å². The molecule has 3 unspecified atom stereocenters. The summed E-state index contributed by atoms with van der Waals surface area (Å²) in [5.41, 5.74) is 0.213. The van der Waals surface area contributed by atoms with Gasteiger partial charge in [0.15, 0.2) is 0 Å². The maximum atomic E-state index is 5.90. The molecule has 1 saturated carbocycles. The summed E-state index contributed by atoms with van der Waals surface area (Å²) >= 11 is 0. The molecule has 2 aliphatic rings. The van der Waals surface area contributed by atoms with Gasteiger partial charge in [0.05, 0.1) is 11.2 Å². The quantitative estimate of drug-likeness (QED) is 0.700. The van der Waals surface area contributed by atoms with Crippen LogP contribution in [0.5, 0.6) is 0 Å². The molecule has 2 heteroatoms. The van der Waals surface area contributed by atoms with Crippen LogP contribution in [0.25, 0.3) is 0 Å². The first-order valence-corrected chi connectivity index (χ1v) is 6.17. The number of hydrogen-bond donors (Lipinski definition) is 0. The lowest BCUT2D eigenvalue weighted by atomic mass is 9.67. The van der Waals surface area contributed by atoms with Crippen LogP contribution in [-0.4, -0.2) is 24.9 Å². The van der Waals surface area contributed by atoms with E-state index in [1.807, 2.05) is 7.11 Å². The van der Waals surface area contributed by atoms with Crippen LogP contribution in [0.1, 0.15) is 46.5 Å². The van der Waals surface area contributed by atoms with E-state index >= 15 is 0 Å². The Morgan fingerprint density at radius 2 is 2.07 bits per heavy atom. The first kappa shape index (κ1) is 11.4. The summed E-state index contributed by atoms with van der Waals surface area (Å²) in [6.45, 7) is 7.69. The summed E-state index contributed by atoms with van der Waals surface area (Å²) < 4.78 is 11.5. The van der Waals surface area contributed by atoms with E-state index in [0.717, 1.165) is 12.5 Å². The lowest BCUT2D eigenvalue weighted by molar-refractivity contribution is -0.0918. The van der Waals surface area contributed by atoms with Gasteiger partial charge in [-0.3, -0.25) is 0 Å². The molecule has 0 aromatic rings. The minimum absolute atomic E-state index is 0.0317. The van der Waals surface area contributed by atoms with Gasteiger partial charge in [-0.25, -0.2) is 0 Å². The number of fused-ring (bicyclic) bond motifs is 1. The average Bonchev–Trinajstić information content (AvgIpc) is 2.58. The van der Waals surface area contributed by atoms with E-state index in [1.165, 1.54) is 25.7 Å². The SMILES string of the molecule is COC(C)(C)C1CCC2(C)OCCC2C1. The van der Waals surface area contributed by atoms with Crippen LogP contribution in [0.2, 0.25) is 0 Å². The van der Waals surface area contributed by atoms with Gasteiger partial charge in [0.25, 0.3) is 0 Å². The molecule has 0 aromatic carbocycles. The Bertz CT molecular complexity index is 237. The van der Waals surface area contributed by atoms with Gasteiger partial charge in [0.2, 0.25) is 0 Å². The Morgan fingerprint density at radius 1 is 1.33 bits per heavy atom. The first-order chi connectivity index (χ1) is 6.98. The van der Waals surface area contributed by atoms with Gasteiger partial charge in [-0.1, -0.05) is 0 Å². The Hall–Kier alpha value is -0.0800. The lowest BCUT2D eigenvalue weighted by Crippen LogP contribution is -2.44. The number of ether oxygens (including phenoxy) is 2. The van der Waals surface area contributed by atoms with E-state index < -0.39 is 0 Å². The standard InChI is InChI=1S/C13H24O2/c1-12(2,14-4)10-5-7-13(3)11(9-10)6-8-15-13/h10-11H,5-9H2,1-4H3. The van der Waals surface area contributed by atoms with Crippen LogP contribution in [0.15, 0.2) is 0 Å². The zero-order valence-electron chi connectivity index (χ0n) is 10.5. The maximum absolute atomic E-state index is 5.90. The lowest BCUT2D eigenvalue weighted by Gasteiger charge is -2.44. The fourth-order valence-corrected chi connectivity index (χ4v) is 3.22. The third-order valence-electron chi connectivity index (χ3n) is 4.83. The van der Waals surface area contributed by atoms with Crippen molar-refractivity contribution in [1.82, 2.24) is 0 Å². The molecule has 2 fully saturated rings. The zero-order chi connectivity index (χ0) is 11.1. The van der Waals surface area contributed by atoms with E-state index in [2.05, 4.69) is 20.8 Å². The Kier molecular flexibility index (Phi) is 2.85. The molecule has 0 spiro atoms. The molecule has 0 aromatic heterocycles. The van der Waals surface area contributed by atoms with E-state index in [-0.39, 0.29) is 11.2 Å². The number of hydrogen-bond acceptors (Lipinski definition) is 2. The van der Waals surface area contributed by atoms with Gasteiger partial charge in [-0.15, -0.1) is 0 Å². The van der Waals surface area contributed by atoms with E-state index in [0.29, 0.717) is 5.92 Å². The highest BCUT2D eigenvalue weighted by atomic mass is 16.5. The monoisotopic (exact) mass is 212 g/mol. The normalized spacial score (nSPS) is 41.6. The molecular formula is C13H24O2. The van der Waals surface area contributed by atoms with Gasteiger partial charge in [-0.05, 0) is 58.3 Å². The van der Waals surface area contributed by atoms with Crippen LogP contribution in [0.4, 0.5) is 0 Å². The van der Waals surface area contributed by atoms with Gasteiger partial charge >= 0.3 is 0 Å². The molecule has 1 heterocycles. The molecule has 0 amide bonds. The van der Waals surface area contributed by atoms with E-state index in [1.54, 1.807) is 0 Å². The minimum atomic E-state index is 0.0317. The van der Waals surface area contributed by atoms with Crippen molar-refractivity contribution in [2.45, 2.75) is 57.7 Å². The molecule has 15 heavy (non-hydrogen) atoms. The van der Waals surface area contributed by atoms with Crippen molar-refractivity contribution >= 4 is 0 Å². The van der Waals surface area contributed by atoms with Gasteiger partial charge in [0.1, 0.15) is 0 Å². The average molecular weight is 212 g/mol. The van der Waals surface area contributed by atoms with Gasteiger partial charge < -0.3 is 9.47 Å². The summed E-state index contributed by atoms with van der Waals surface area (Å²) in [4.78, 5) is 0. The van der Waals surface area contributed by atoms with Crippen LogP contribution in [0, 0.1) is 11.8 Å². The summed E-state index contributed by atoms with van der Waals surface area (Å²) in [6.07, 6.45) is 4.97. The predicted molar refractivity (Wildman–Crippen MR) is 60.9 cm³/mol. The smallest absolute Gasteiger partial charge is 0.0683 e. The number of methoxy groups -OCH3 is 1. The van der Waals surface area contributed by atoms with Crippen molar-refractivity contribution in [3.8, 4) is 0 Å². The highest BCUT2D eigenvalue weighted by Gasteiger charge is 2.47. The molecule has 1 aliphatic carbocycles. The summed E-state index contributed by atoms with van der Waals surface area (Å²) in [5, 5.41) is 0. The van der Waals surface area contributed by atoms with Crippen molar-refractivity contribution in [3.05, 3.63) is 0 Å². The molecular weight excluding hydrogens is 188 g/mol. The molecule has 0 bridgehead atoms. The Labute approximate surface area is 93.3 Å². The molecule has 2 nitrogen and oxygen atoms in total. The second-order valence-corrected chi connectivity index (χ2v) is 5.93. The highest BCUT2D eigenvalue weighted by molar-refractivity contribution is 4.97. The molecule has 1 aliphatic heterocycles. The minimum Gasteiger partial charge on any atom is -0.379 e. The molecule has 1 saturated heterocycles. The topological polar surface area (TPSA) is 18.5 Å². The third-order valence-corrected chi connectivity index (χ3v) is 4.83. The van der Waals surface area contributed by atoms with Crippen molar-refractivity contribution in [1.29, 1.82) is 0 Å². The van der Waals surface area contributed by atoms with E-state index in [9.17, 15) is 0 Å². The Morgan fingerprint density at radius 3 is 2.73 bits per heavy atom. The molecule has 0 N–H and O–H groups in total. The molecule has 2 rings (SSSR count). The van der Waals surface area contributed by atoms with Crippen molar-refractivity contribution in [2.24, 2.45) is 11.8 Å². The largest absolute Gasteiger partial charge is 0.379 e. The van der Waals surface area contributed by atoms with Crippen LogP contribution in [0.3, 0.4) is 0 Å². The van der Waals surface area contributed by atoms with Crippen LogP contribution < -0.4 is 0 Å². The summed E-state index contributed by atoms with van der Waals surface area (Å²) in [5.74, 6) is 1.45. The first-order valence-electron chi connectivity index (χ1n) is 6.17. The van der Waals surface area contributed by atoms with Crippen LogP contribution >= 0.6 is 0 Å².